The molecule has 1 saturated carbocycles. The zero-order valence-corrected chi connectivity index (χ0v) is 12.4. The van der Waals surface area contributed by atoms with Crippen LogP contribution in [0.2, 0.25) is 0 Å². The van der Waals surface area contributed by atoms with Gasteiger partial charge < -0.3 is 20.9 Å². The Hall–Kier alpha value is -1.59. The van der Waals surface area contributed by atoms with Gasteiger partial charge in [-0.05, 0) is 12.5 Å². The molecule has 1 aliphatic heterocycles. The minimum Gasteiger partial charge on any atom is -0.508 e. The third kappa shape index (κ3) is 1.88. The van der Waals surface area contributed by atoms with Crippen LogP contribution in [0.15, 0.2) is 24.3 Å². The number of nitrogens with two attached hydrogens (primary N) is 1. The topological polar surface area (TPSA) is 84.6 Å². The minimum atomic E-state index is -0.904. The molecule has 1 aromatic rings. The van der Waals surface area contributed by atoms with Gasteiger partial charge in [0.25, 0.3) is 0 Å². The summed E-state index contributed by atoms with van der Waals surface area (Å²) in [5.74, 6) is 0.0955. The fourth-order valence-corrected chi connectivity index (χ4v) is 3.83. The van der Waals surface area contributed by atoms with E-state index in [1.807, 2.05) is 19.9 Å². The van der Waals surface area contributed by atoms with E-state index < -0.39 is 5.54 Å². The molecule has 0 bridgehead atoms. The summed E-state index contributed by atoms with van der Waals surface area (Å²) in [6.45, 7) is 4.92. The second kappa shape index (κ2) is 4.71. The quantitative estimate of drug-likeness (QED) is 0.779. The number of ether oxygens (including phenoxy) is 1. The van der Waals surface area contributed by atoms with Crippen LogP contribution in [0.1, 0.15) is 25.8 Å². The van der Waals surface area contributed by atoms with Crippen molar-refractivity contribution < 1.29 is 14.6 Å². The van der Waals surface area contributed by atoms with Crippen molar-refractivity contribution in [2.75, 3.05) is 6.61 Å². The van der Waals surface area contributed by atoms with Gasteiger partial charge in [-0.2, -0.15) is 0 Å². The molecular weight excluding hydrogens is 268 g/mol. The van der Waals surface area contributed by atoms with Gasteiger partial charge in [0.1, 0.15) is 11.3 Å². The Morgan fingerprint density at radius 2 is 2.19 bits per heavy atom. The standard InChI is InChI=1S/C16H22N2O3/c1-15(2)13-11(7-8-21-13)16(15,17)14(20)18-9-10-5-3-4-6-12(10)19/h3-6,11,13,19H,7-9,17H2,1-2H3,(H,18,20). The molecule has 4 N–H and O–H groups in total. The number of phenolic OH excluding ortho intramolecular Hbond substituents is 1. The lowest BCUT2D eigenvalue weighted by molar-refractivity contribution is -0.175. The Labute approximate surface area is 124 Å². The van der Waals surface area contributed by atoms with Crippen molar-refractivity contribution in [3.63, 3.8) is 0 Å². The van der Waals surface area contributed by atoms with Crippen LogP contribution in [0, 0.1) is 11.3 Å². The maximum absolute atomic E-state index is 12.6. The number of aromatic hydroxyl groups is 1. The third-order valence-corrected chi connectivity index (χ3v) is 5.26. The number of carbonyl (C=O) groups excluding carboxylic acids is 1. The first-order valence-electron chi connectivity index (χ1n) is 7.34. The molecule has 1 aliphatic carbocycles. The number of phenols is 1. The molecular formula is C16H22N2O3. The molecule has 3 unspecified atom stereocenters. The number of hydrogen-bond acceptors (Lipinski definition) is 4. The maximum Gasteiger partial charge on any atom is 0.241 e. The van der Waals surface area contributed by atoms with Crippen molar-refractivity contribution >= 4 is 5.91 Å². The summed E-state index contributed by atoms with van der Waals surface area (Å²) in [5, 5.41) is 12.6. The number of hydrogen-bond donors (Lipinski definition) is 3. The average Bonchev–Trinajstić information content (AvgIpc) is 2.93. The highest BCUT2D eigenvalue weighted by atomic mass is 16.5. The van der Waals surface area contributed by atoms with Crippen LogP contribution >= 0.6 is 0 Å². The van der Waals surface area contributed by atoms with E-state index in [-0.39, 0.29) is 35.6 Å². The molecule has 1 saturated heterocycles. The predicted octanol–water partition coefficient (Wildman–Crippen LogP) is 1.15. The van der Waals surface area contributed by atoms with Crippen LogP contribution in [0.3, 0.4) is 0 Å². The largest absolute Gasteiger partial charge is 0.508 e. The summed E-state index contributed by atoms with van der Waals surface area (Å²) in [6, 6.07) is 6.97. The van der Waals surface area contributed by atoms with Crippen molar-refractivity contribution in [2.24, 2.45) is 17.1 Å². The number of benzene rings is 1. The average molecular weight is 290 g/mol. The van der Waals surface area contributed by atoms with Crippen molar-refractivity contribution in [1.82, 2.24) is 5.32 Å². The highest BCUT2D eigenvalue weighted by Crippen LogP contribution is 2.58. The summed E-state index contributed by atoms with van der Waals surface area (Å²) in [6.07, 6.45) is 0.896. The van der Waals surface area contributed by atoms with Crippen LogP contribution in [0.4, 0.5) is 0 Å². The molecule has 2 fully saturated rings. The maximum atomic E-state index is 12.6. The van der Waals surface area contributed by atoms with Gasteiger partial charge in [-0.3, -0.25) is 4.79 Å². The third-order valence-electron chi connectivity index (χ3n) is 5.26. The lowest BCUT2D eigenvalue weighted by Crippen LogP contribution is -2.80. The van der Waals surface area contributed by atoms with Gasteiger partial charge in [0.05, 0.1) is 6.10 Å². The number of amides is 1. The first kappa shape index (κ1) is 14.4. The minimum absolute atomic E-state index is 0.0679. The summed E-state index contributed by atoms with van der Waals surface area (Å²) in [5.41, 5.74) is 5.86. The van der Waals surface area contributed by atoms with Gasteiger partial charge in [0.15, 0.2) is 0 Å². The van der Waals surface area contributed by atoms with E-state index in [0.29, 0.717) is 12.2 Å². The lowest BCUT2D eigenvalue weighted by Gasteiger charge is -2.60. The number of rotatable bonds is 3. The van der Waals surface area contributed by atoms with Crippen molar-refractivity contribution in [2.45, 2.75) is 38.5 Å². The Morgan fingerprint density at radius 3 is 2.90 bits per heavy atom. The van der Waals surface area contributed by atoms with Crippen LogP contribution in [0.25, 0.3) is 0 Å². The molecule has 114 valence electrons. The fourth-order valence-electron chi connectivity index (χ4n) is 3.83. The zero-order valence-electron chi connectivity index (χ0n) is 12.4. The molecule has 3 atom stereocenters. The normalized spacial score (nSPS) is 33.1. The number of nitrogens with one attached hydrogen (secondary N) is 1. The summed E-state index contributed by atoms with van der Waals surface area (Å²) < 4.78 is 5.69. The molecule has 21 heavy (non-hydrogen) atoms. The van der Waals surface area contributed by atoms with Gasteiger partial charge in [0.2, 0.25) is 5.91 Å². The van der Waals surface area contributed by atoms with Crippen molar-refractivity contribution in [3.8, 4) is 5.75 Å². The molecule has 1 aromatic carbocycles. The second-order valence-corrected chi connectivity index (χ2v) is 6.59. The monoisotopic (exact) mass is 290 g/mol. The molecule has 0 spiro atoms. The Morgan fingerprint density at radius 1 is 1.48 bits per heavy atom. The molecule has 1 heterocycles. The smallest absolute Gasteiger partial charge is 0.241 e. The molecule has 1 amide bonds. The predicted molar refractivity (Wildman–Crippen MR) is 78.5 cm³/mol. The molecule has 5 heteroatoms. The van der Waals surface area contributed by atoms with Crippen LogP contribution in [0.5, 0.6) is 5.75 Å². The number of carbonyl (C=O) groups is 1. The van der Waals surface area contributed by atoms with Crippen molar-refractivity contribution in [3.05, 3.63) is 29.8 Å². The first-order chi connectivity index (χ1) is 9.89. The first-order valence-corrected chi connectivity index (χ1v) is 7.34. The SMILES string of the molecule is CC1(C)C2OCCC2C1(N)C(=O)NCc1ccccc1O. The lowest BCUT2D eigenvalue weighted by atomic mass is 9.48. The van der Waals surface area contributed by atoms with Crippen LogP contribution in [-0.4, -0.2) is 29.3 Å². The van der Waals surface area contributed by atoms with E-state index in [1.54, 1.807) is 18.2 Å². The van der Waals surface area contributed by atoms with Crippen molar-refractivity contribution in [1.29, 1.82) is 0 Å². The molecule has 5 nitrogen and oxygen atoms in total. The summed E-state index contributed by atoms with van der Waals surface area (Å²) >= 11 is 0. The van der Waals surface area contributed by atoms with Gasteiger partial charge in [-0.15, -0.1) is 0 Å². The highest BCUT2D eigenvalue weighted by molar-refractivity contribution is 5.89. The van der Waals surface area contributed by atoms with Gasteiger partial charge >= 0.3 is 0 Å². The molecule has 0 radical (unpaired) electrons. The second-order valence-electron chi connectivity index (χ2n) is 6.59. The Kier molecular flexibility index (Phi) is 3.22. The van der Waals surface area contributed by atoms with E-state index >= 15 is 0 Å². The number of para-hydroxylation sites is 1. The van der Waals surface area contributed by atoms with Gasteiger partial charge in [-0.1, -0.05) is 32.0 Å². The van der Waals surface area contributed by atoms with Crippen LogP contribution < -0.4 is 11.1 Å². The van der Waals surface area contributed by atoms with E-state index in [2.05, 4.69) is 5.32 Å². The Balaban J connectivity index is 1.72. The summed E-state index contributed by atoms with van der Waals surface area (Å²) in [7, 11) is 0. The molecule has 3 rings (SSSR count). The fraction of sp³-hybridized carbons (Fsp3) is 0.562. The summed E-state index contributed by atoms with van der Waals surface area (Å²) in [4.78, 5) is 12.6. The van der Waals surface area contributed by atoms with E-state index in [0.717, 1.165) is 6.42 Å². The van der Waals surface area contributed by atoms with E-state index in [1.165, 1.54) is 0 Å². The Bertz CT molecular complexity index is 572. The molecule has 2 aliphatic rings. The van der Waals surface area contributed by atoms with Gasteiger partial charge in [0, 0.05) is 30.0 Å². The highest BCUT2D eigenvalue weighted by Gasteiger charge is 2.71. The van der Waals surface area contributed by atoms with Gasteiger partial charge in [-0.25, -0.2) is 0 Å². The van der Waals surface area contributed by atoms with Crippen LogP contribution in [-0.2, 0) is 16.1 Å². The zero-order chi connectivity index (χ0) is 15.3. The number of fused-ring (bicyclic) bond motifs is 1. The van der Waals surface area contributed by atoms with E-state index in [9.17, 15) is 9.90 Å². The van der Waals surface area contributed by atoms with E-state index in [4.69, 9.17) is 10.5 Å². The molecule has 0 aromatic heterocycles.